The van der Waals surface area contributed by atoms with Crippen LogP contribution in [0.3, 0.4) is 0 Å². The van der Waals surface area contributed by atoms with Gasteiger partial charge in [-0.2, -0.15) is 0 Å². The van der Waals surface area contributed by atoms with E-state index < -0.39 is 0 Å². The molecule has 56 valence electrons. The zero-order valence-electron chi connectivity index (χ0n) is 5.89. The normalized spacial score (nSPS) is 17.2. The van der Waals surface area contributed by atoms with Crippen molar-refractivity contribution in [3.63, 3.8) is 0 Å². The molecule has 0 saturated carbocycles. The first-order chi connectivity index (χ1) is 4.26. The SMILES string of the molecule is CNC([I-]C)C(C)N=O. The van der Waals surface area contributed by atoms with Crippen LogP contribution in [0.5, 0.6) is 0 Å². The molecule has 0 fully saturated rings. The van der Waals surface area contributed by atoms with E-state index in [1.807, 2.05) is 14.0 Å². The summed E-state index contributed by atoms with van der Waals surface area (Å²) in [6.45, 7) is 1.84. The van der Waals surface area contributed by atoms with Crippen LogP contribution in [0.25, 0.3) is 0 Å². The van der Waals surface area contributed by atoms with Gasteiger partial charge in [0.25, 0.3) is 0 Å². The van der Waals surface area contributed by atoms with Crippen molar-refractivity contribution in [1.82, 2.24) is 5.32 Å². The Kier molecular flexibility index (Phi) is 5.27. The second-order valence-electron chi connectivity index (χ2n) is 1.75. The zero-order valence-corrected chi connectivity index (χ0v) is 8.05. The first-order valence-electron chi connectivity index (χ1n) is 2.74. The molecule has 0 aromatic carbocycles. The Balaban J connectivity index is 3.63. The van der Waals surface area contributed by atoms with Gasteiger partial charge in [0.1, 0.15) is 0 Å². The van der Waals surface area contributed by atoms with Crippen molar-refractivity contribution in [1.29, 1.82) is 0 Å². The molecule has 0 spiro atoms. The maximum atomic E-state index is 9.99. The van der Waals surface area contributed by atoms with E-state index in [1.165, 1.54) is 0 Å². The van der Waals surface area contributed by atoms with Gasteiger partial charge in [0.05, 0.1) is 0 Å². The van der Waals surface area contributed by atoms with Gasteiger partial charge in [-0.15, -0.1) is 0 Å². The molecule has 4 heteroatoms. The minimum atomic E-state index is -0.0622. The van der Waals surface area contributed by atoms with Crippen LogP contribution in [0.4, 0.5) is 0 Å². The Morgan fingerprint density at radius 1 is 1.67 bits per heavy atom. The molecule has 0 amide bonds. The zero-order chi connectivity index (χ0) is 7.28. The summed E-state index contributed by atoms with van der Waals surface area (Å²) in [5.74, 6) is 0. The molecule has 0 rings (SSSR count). The van der Waals surface area contributed by atoms with Gasteiger partial charge in [-0.05, 0) is 0 Å². The van der Waals surface area contributed by atoms with Crippen LogP contribution in [0.2, 0.25) is 0 Å². The van der Waals surface area contributed by atoms with Gasteiger partial charge in [0, 0.05) is 0 Å². The predicted molar refractivity (Wildman–Crippen MR) is 34.0 cm³/mol. The van der Waals surface area contributed by atoms with Gasteiger partial charge in [-0.1, -0.05) is 0 Å². The van der Waals surface area contributed by atoms with Gasteiger partial charge < -0.3 is 0 Å². The van der Waals surface area contributed by atoms with E-state index >= 15 is 0 Å². The van der Waals surface area contributed by atoms with Crippen molar-refractivity contribution in [3.8, 4) is 0 Å². The second-order valence-corrected chi connectivity index (χ2v) is 4.34. The summed E-state index contributed by atoms with van der Waals surface area (Å²) in [4.78, 5) is 12.1. The quantitative estimate of drug-likeness (QED) is 0.255. The first-order valence-corrected chi connectivity index (χ1v) is 6.14. The second kappa shape index (κ2) is 5.10. The van der Waals surface area contributed by atoms with Gasteiger partial charge in [-0.3, -0.25) is 0 Å². The van der Waals surface area contributed by atoms with Crippen molar-refractivity contribution >= 4 is 0 Å². The average Bonchev–Trinajstić information content (AvgIpc) is 1.90. The van der Waals surface area contributed by atoms with E-state index in [-0.39, 0.29) is 27.2 Å². The molecule has 3 nitrogen and oxygen atoms in total. The maximum absolute atomic E-state index is 9.99. The van der Waals surface area contributed by atoms with Crippen LogP contribution in [0.15, 0.2) is 5.18 Å². The van der Waals surface area contributed by atoms with Gasteiger partial charge in [0.2, 0.25) is 0 Å². The van der Waals surface area contributed by atoms with E-state index in [0.29, 0.717) is 4.05 Å². The molecule has 0 aliphatic rings. The predicted octanol–water partition coefficient (Wildman–Crippen LogP) is -2.59. The van der Waals surface area contributed by atoms with Gasteiger partial charge in [-0.25, -0.2) is 0 Å². The Bertz CT molecular complexity index is 85.0. The number of halogens is 1. The third kappa shape index (κ3) is 3.10. The van der Waals surface area contributed by atoms with Crippen molar-refractivity contribution < 1.29 is 21.2 Å². The Labute approximate surface area is 65.8 Å². The molecule has 2 unspecified atom stereocenters. The summed E-state index contributed by atoms with van der Waals surface area (Å²) in [5, 5.41) is 6.00. The third-order valence-electron chi connectivity index (χ3n) is 1.10. The number of alkyl halides is 2. The van der Waals surface area contributed by atoms with Crippen molar-refractivity contribution in [2.24, 2.45) is 5.18 Å². The molecule has 0 radical (unpaired) electrons. The van der Waals surface area contributed by atoms with E-state index in [1.54, 1.807) is 0 Å². The topological polar surface area (TPSA) is 41.5 Å². The number of hydrogen-bond acceptors (Lipinski definition) is 3. The fourth-order valence-electron chi connectivity index (χ4n) is 0.586. The Morgan fingerprint density at radius 2 is 2.22 bits per heavy atom. The van der Waals surface area contributed by atoms with Crippen molar-refractivity contribution in [2.45, 2.75) is 17.0 Å². The average molecular weight is 243 g/mol. The number of nitrogens with zero attached hydrogens (tertiary/aromatic N) is 1. The number of hydrogen-bond donors (Lipinski definition) is 1. The summed E-state index contributed by atoms with van der Waals surface area (Å²) in [6.07, 6.45) is 0. The standard InChI is InChI=1S/C5H12IN2O/c1-4(8-9)5(6-2)7-3/h4-5,7H,1-3H3/q-1. The summed E-state index contributed by atoms with van der Waals surface area (Å²) >= 11 is 0.0899. The van der Waals surface area contributed by atoms with Gasteiger partial charge in [0.15, 0.2) is 0 Å². The van der Waals surface area contributed by atoms with Gasteiger partial charge >= 0.3 is 65.6 Å². The van der Waals surface area contributed by atoms with E-state index in [2.05, 4.69) is 15.4 Å². The summed E-state index contributed by atoms with van der Waals surface area (Å²) < 4.78 is 0.348. The van der Waals surface area contributed by atoms with Crippen molar-refractivity contribution in [2.75, 3.05) is 12.0 Å². The number of rotatable bonds is 4. The summed E-state index contributed by atoms with van der Waals surface area (Å²) in [5.41, 5.74) is 0. The Hall–Kier alpha value is 0.290. The minimum absolute atomic E-state index is 0.0622. The molecular weight excluding hydrogens is 231 g/mol. The number of nitroso groups, excluding NO2 is 1. The van der Waals surface area contributed by atoms with E-state index in [0.717, 1.165) is 0 Å². The van der Waals surface area contributed by atoms with Crippen LogP contribution in [0, 0.1) is 4.91 Å². The molecule has 0 aliphatic carbocycles. The van der Waals surface area contributed by atoms with E-state index in [9.17, 15) is 4.91 Å². The molecule has 1 N–H and O–H groups in total. The molecule has 0 saturated heterocycles. The Morgan fingerprint density at radius 3 is 2.33 bits per heavy atom. The fraction of sp³-hybridized carbons (Fsp3) is 1.00. The summed E-state index contributed by atoms with van der Waals surface area (Å²) in [6, 6.07) is -0.0622. The van der Waals surface area contributed by atoms with E-state index in [4.69, 9.17) is 0 Å². The molecule has 0 bridgehead atoms. The van der Waals surface area contributed by atoms with Crippen LogP contribution in [0.1, 0.15) is 6.92 Å². The van der Waals surface area contributed by atoms with Crippen molar-refractivity contribution in [3.05, 3.63) is 4.91 Å². The molecule has 2 atom stereocenters. The molecule has 0 heterocycles. The number of likely N-dealkylation sites (N-methyl/N-ethyl adjacent to an activating group) is 1. The number of nitrogens with one attached hydrogen (secondary N) is 1. The van der Waals surface area contributed by atoms with Crippen LogP contribution >= 0.6 is 0 Å². The van der Waals surface area contributed by atoms with Crippen LogP contribution < -0.4 is 26.5 Å². The molecule has 9 heavy (non-hydrogen) atoms. The molecule has 0 aromatic rings. The fourth-order valence-corrected chi connectivity index (χ4v) is 2.38. The van der Waals surface area contributed by atoms with Crippen LogP contribution in [-0.4, -0.2) is 22.1 Å². The molecule has 0 aliphatic heterocycles. The summed E-state index contributed by atoms with van der Waals surface area (Å²) in [7, 11) is 1.87. The first kappa shape index (κ1) is 9.29. The van der Waals surface area contributed by atoms with Crippen LogP contribution in [-0.2, 0) is 0 Å². The molecule has 0 aromatic heterocycles. The molecular formula is C5H12IN2O-. The third-order valence-corrected chi connectivity index (χ3v) is 4.11. The monoisotopic (exact) mass is 243 g/mol.